The number of amides is 1. The van der Waals surface area contributed by atoms with Crippen molar-refractivity contribution >= 4 is 11.9 Å². The van der Waals surface area contributed by atoms with Crippen LogP contribution in [0.4, 0.5) is 4.39 Å². The smallest absolute Gasteiger partial charge is 0.309 e. The molecule has 5 rings (SSSR count). The molecule has 4 heterocycles. The summed E-state index contributed by atoms with van der Waals surface area (Å²) in [7, 11) is 3.66. The van der Waals surface area contributed by atoms with Crippen LogP contribution in [0.1, 0.15) is 112 Å². The molecule has 17 heteroatoms. The van der Waals surface area contributed by atoms with Crippen LogP contribution in [0.3, 0.4) is 0 Å². The zero-order valence-electron chi connectivity index (χ0n) is 44.3. The number of hydrogen-bond acceptors (Lipinski definition) is 15. The lowest BCUT2D eigenvalue weighted by Gasteiger charge is -2.49. The van der Waals surface area contributed by atoms with Crippen LogP contribution in [0, 0.1) is 29.6 Å². The first-order valence-electron chi connectivity index (χ1n) is 26.2. The van der Waals surface area contributed by atoms with Gasteiger partial charge in [0.05, 0.1) is 61.3 Å². The molecule has 6 N–H and O–H groups in total. The normalized spacial score (nSPS) is 40.8. The number of nitrogens with one attached hydrogen (secondary N) is 1. The van der Waals surface area contributed by atoms with Gasteiger partial charge >= 0.3 is 5.97 Å². The van der Waals surface area contributed by atoms with E-state index in [9.17, 15) is 39.5 Å². The number of likely N-dealkylation sites (N-methyl/N-ethyl adjacent to an activating group) is 2. The number of aliphatic hydroxyl groups is 5. The molecule has 0 bridgehead atoms. The van der Waals surface area contributed by atoms with Gasteiger partial charge in [0.2, 0.25) is 5.91 Å². The SMILES string of the molecule is CC[C@H]1OC(=O)[C@H](C)C([C@H]2C[C@H](C)[C@@H](O)[C@H](C)O2)[C@H](C)[C@@H](O[C@@H]2O[C@H](C)C[C@H](N(C)CCC(=O)N[C@H](CF)Cc3ccc(CN4CCOCC4)cc3)[C@H]2O)[C@](C)(O)C[C@@H](C)CN(C)[C@H](C)[C@@H](O)[C@]1(C)O. The van der Waals surface area contributed by atoms with Crippen molar-refractivity contribution in [2.45, 2.75) is 199 Å². The number of hydrogen-bond donors (Lipinski definition) is 6. The first-order valence-corrected chi connectivity index (χ1v) is 26.2. The summed E-state index contributed by atoms with van der Waals surface area (Å²) in [6, 6.07) is 6.29. The molecule has 0 saturated carbocycles. The number of morpholine rings is 1. The molecule has 402 valence electrons. The van der Waals surface area contributed by atoms with Crippen molar-refractivity contribution in [1.82, 2.24) is 20.0 Å². The fourth-order valence-electron chi connectivity index (χ4n) is 12.0. The Bertz CT molecular complexity index is 1760. The highest BCUT2D eigenvalue weighted by molar-refractivity contribution is 5.76. The predicted molar refractivity (Wildman–Crippen MR) is 264 cm³/mol. The van der Waals surface area contributed by atoms with Crippen molar-refractivity contribution in [2.75, 3.05) is 60.2 Å². The van der Waals surface area contributed by atoms with E-state index >= 15 is 0 Å². The molecule has 4 fully saturated rings. The number of carbonyl (C=O) groups is 2. The van der Waals surface area contributed by atoms with E-state index in [1.807, 2.05) is 63.7 Å². The second-order valence-electron chi connectivity index (χ2n) is 22.4. The van der Waals surface area contributed by atoms with Gasteiger partial charge in [-0.05, 0) is 110 Å². The van der Waals surface area contributed by atoms with Crippen LogP contribution in [0.5, 0.6) is 0 Å². The van der Waals surface area contributed by atoms with Gasteiger partial charge in [-0.15, -0.1) is 0 Å². The van der Waals surface area contributed by atoms with Crippen molar-refractivity contribution in [3.05, 3.63) is 35.4 Å². The molecule has 70 heavy (non-hydrogen) atoms. The molecule has 1 unspecified atom stereocenters. The monoisotopic (exact) mass is 995 g/mol. The molecule has 0 aliphatic carbocycles. The number of esters is 1. The Balaban J connectivity index is 1.35. The van der Waals surface area contributed by atoms with Gasteiger partial charge in [-0.1, -0.05) is 58.9 Å². The maximum atomic E-state index is 14.5. The van der Waals surface area contributed by atoms with E-state index in [4.69, 9.17) is 23.7 Å². The average Bonchev–Trinajstić information content (AvgIpc) is 3.31. The molecule has 0 aromatic heterocycles. The van der Waals surface area contributed by atoms with E-state index in [0.717, 1.165) is 38.4 Å². The molecule has 1 aromatic rings. The third-order valence-corrected chi connectivity index (χ3v) is 16.2. The Labute approximate surface area is 417 Å². The minimum Gasteiger partial charge on any atom is -0.459 e. The summed E-state index contributed by atoms with van der Waals surface area (Å²) in [6.45, 7) is 22.0. The summed E-state index contributed by atoms with van der Waals surface area (Å²) in [4.78, 5) is 34.0. The maximum Gasteiger partial charge on any atom is 0.309 e. The van der Waals surface area contributed by atoms with Gasteiger partial charge in [0.15, 0.2) is 6.29 Å². The van der Waals surface area contributed by atoms with Gasteiger partial charge in [0.1, 0.15) is 30.6 Å². The predicted octanol–water partition coefficient (Wildman–Crippen LogP) is 3.69. The first kappa shape index (κ1) is 58.5. The minimum absolute atomic E-state index is 0.0583. The number of aliphatic hydroxyl groups excluding tert-OH is 3. The molecule has 0 spiro atoms. The summed E-state index contributed by atoms with van der Waals surface area (Å²) in [5, 5.41) is 62.3. The van der Waals surface area contributed by atoms with Gasteiger partial charge in [-0.3, -0.25) is 14.5 Å². The number of nitrogens with zero attached hydrogens (tertiary/aromatic N) is 3. The third kappa shape index (κ3) is 14.9. The molecule has 4 aliphatic heterocycles. The van der Waals surface area contributed by atoms with Crippen LogP contribution in [0.15, 0.2) is 24.3 Å². The van der Waals surface area contributed by atoms with Gasteiger partial charge in [-0.2, -0.15) is 0 Å². The molecule has 16 nitrogen and oxygen atoms in total. The van der Waals surface area contributed by atoms with Crippen LogP contribution in [0.25, 0.3) is 0 Å². The quantitative estimate of drug-likeness (QED) is 0.147. The molecule has 1 amide bonds. The Morgan fingerprint density at radius 3 is 2.23 bits per heavy atom. The second-order valence-corrected chi connectivity index (χ2v) is 22.4. The van der Waals surface area contributed by atoms with E-state index in [1.54, 1.807) is 34.6 Å². The fraction of sp³-hybridized carbons (Fsp3) is 0.849. The molecule has 0 radical (unpaired) electrons. The first-order chi connectivity index (χ1) is 32.9. The maximum absolute atomic E-state index is 14.5. The Hall–Kier alpha value is -2.39. The Kier molecular flexibility index (Phi) is 21.5. The largest absolute Gasteiger partial charge is 0.459 e. The molecule has 1 aromatic carbocycles. The van der Waals surface area contributed by atoms with Crippen molar-refractivity contribution in [3.8, 4) is 0 Å². The molecule has 4 aliphatic rings. The van der Waals surface area contributed by atoms with E-state index < -0.39 is 115 Å². The highest BCUT2D eigenvalue weighted by Crippen LogP contribution is 2.43. The summed E-state index contributed by atoms with van der Waals surface area (Å²) in [5.41, 5.74) is -1.30. The third-order valence-electron chi connectivity index (χ3n) is 16.2. The van der Waals surface area contributed by atoms with Crippen molar-refractivity contribution in [1.29, 1.82) is 0 Å². The zero-order chi connectivity index (χ0) is 51.8. The van der Waals surface area contributed by atoms with Crippen LogP contribution in [-0.2, 0) is 46.2 Å². The number of cyclic esters (lactones) is 1. The van der Waals surface area contributed by atoms with Crippen LogP contribution in [0.2, 0.25) is 0 Å². The zero-order valence-corrected chi connectivity index (χ0v) is 44.3. The summed E-state index contributed by atoms with van der Waals surface area (Å²) in [5.74, 6) is -3.49. The lowest BCUT2D eigenvalue weighted by Crippen LogP contribution is -2.60. The lowest BCUT2D eigenvalue weighted by atomic mass is 9.69. The molecular formula is C53H91FN4O12. The Morgan fingerprint density at radius 1 is 0.971 bits per heavy atom. The molecule has 4 saturated heterocycles. The average molecular weight is 995 g/mol. The Morgan fingerprint density at radius 2 is 1.61 bits per heavy atom. The summed E-state index contributed by atoms with van der Waals surface area (Å²) in [6.07, 6.45) is -6.50. The van der Waals surface area contributed by atoms with E-state index in [2.05, 4.69) is 22.3 Å². The minimum atomic E-state index is -1.81. The lowest BCUT2D eigenvalue weighted by molar-refractivity contribution is -0.301. The van der Waals surface area contributed by atoms with Gasteiger partial charge in [-0.25, -0.2) is 4.39 Å². The van der Waals surface area contributed by atoms with Gasteiger partial charge in [0, 0.05) is 57.1 Å². The summed E-state index contributed by atoms with van der Waals surface area (Å²) < 4.78 is 45.8. The number of benzene rings is 1. The highest BCUT2D eigenvalue weighted by atomic mass is 19.1. The highest BCUT2D eigenvalue weighted by Gasteiger charge is 2.53. The van der Waals surface area contributed by atoms with Gasteiger partial charge in [0.25, 0.3) is 0 Å². The molecule has 19 atom stereocenters. The molecular weight excluding hydrogens is 904 g/mol. The number of ether oxygens (including phenoxy) is 5. The van der Waals surface area contributed by atoms with Crippen LogP contribution < -0.4 is 5.32 Å². The fourth-order valence-corrected chi connectivity index (χ4v) is 12.0. The van der Waals surface area contributed by atoms with E-state index in [1.165, 1.54) is 12.5 Å². The summed E-state index contributed by atoms with van der Waals surface area (Å²) >= 11 is 0. The topological polar surface area (TPSA) is 203 Å². The van der Waals surface area contributed by atoms with Gasteiger partial charge < -0.3 is 64.3 Å². The van der Waals surface area contributed by atoms with Crippen molar-refractivity contribution < 1.29 is 63.2 Å². The number of halogens is 1. The number of alkyl halides is 1. The van der Waals surface area contributed by atoms with Crippen molar-refractivity contribution in [2.24, 2.45) is 29.6 Å². The number of carbonyl (C=O) groups excluding carboxylic acids is 2. The van der Waals surface area contributed by atoms with Crippen molar-refractivity contribution in [3.63, 3.8) is 0 Å². The second kappa shape index (κ2) is 25.7. The van der Waals surface area contributed by atoms with Crippen LogP contribution in [-0.4, -0.2) is 197 Å². The van der Waals surface area contributed by atoms with E-state index in [0.29, 0.717) is 25.8 Å². The van der Waals surface area contributed by atoms with E-state index in [-0.39, 0.29) is 43.6 Å². The van der Waals surface area contributed by atoms with Crippen LogP contribution >= 0.6 is 0 Å². The number of rotatable bonds is 14. The standard InChI is InChI=1S/C53H91FN4O12/c1-13-43-53(10,65)48(62)36(7)57(12)29-31(2)27-52(9,64)49(34(5)45(35(6)50(63)69-43)42-24-32(3)46(60)37(8)68-42)70-51-47(61)41(25-33(4)67-51)56(11)19-18-44(59)55-40(28-54)26-38-14-16-39(17-15-38)30-58-20-22-66-23-21-58/h14-17,31-37,40-43,45-49,51,60-62,64-65H,13,18-30H2,1-12H3,(H,55,59)/t31-,32+,33-,34+,35-,36-,37+,40+,41+,42-,43-,45?,46-,47-,48-,49-,51+,52-,53-/m1/s1.